The number of fused-ring (bicyclic) bond motifs is 7. The van der Waals surface area contributed by atoms with Gasteiger partial charge < -0.3 is 9.13 Å². The van der Waals surface area contributed by atoms with Crippen LogP contribution in [0.1, 0.15) is 0 Å². The van der Waals surface area contributed by atoms with E-state index in [2.05, 4.69) is 119 Å². The van der Waals surface area contributed by atoms with Crippen molar-refractivity contribution in [2.75, 3.05) is 12.5 Å². The first-order chi connectivity index (χ1) is 17.3. The Morgan fingerprint density at radius 1 is 0.514 bits per heavy atom. The van der Waals surface area contributed by atoms with Crippen molar-refractivity contribution in [3.8, 4) is 11.4 Å². The van der Waals surface area contributed by atoms with Crippen LogP contribution in [0.4, 0.5) is 0 Å². The molecule has 0 N–H and O–H groups in total. The average Bonchev–Trinajstić information content (AvgIpc) is 3.55. The summed E-state index contributed by atoms with van der Waals surface area (Å²) in [4.78, 5) is 2.56. The Morgan fingerprint density at radius 3 is 1.31 bits per heavy atom. The smallest absolute Gasteiger partial charge is 0.0899 e. The highest BCUT2D eigenvalue weighted by Crippen LogP contribution is 2.47. The maximum Gasteiger partial charge on any atom is 0.0899 e. The fourth-order valence-electron chi connectivity index (χ4n) is 5.15. The highest BCUT2D eigenvalue weighted by molar-refractivity contribution is 7.98. The molecule has 0 radical (unpaired) electrons. The first-order valence-electron chi connectivity index (χ1n) is 11.5. The normalized spacial score (nSPS) is 11.9. The van der Waals surface area contributed by atoms with Crippen LogP contribution in [-0.4, -0.2) is 21.6 Å². The first kappa shape index (κ1) is 21.2. The highest BCUT2D eigenvalue weighted by Gasteiger charge is 2.23. The Hall–Kier alpha value is -3.12. The van der Waals surface area contributed by atoms with Crippen molar-refractivity contribution in [2.24, 2.45) is 0 Å². The van der Waals surface area contributed by atoms with Crippen molar-refractivity contribution in [1.82, 2.24) is 9.13 Å². The molecule has 4 aromatic carbocycles. The molecule has 3 heterocycles. The lowest BCUT2D eigenvalue weighted by molar-refractivity contribution is 1.14. The van der Waals surface area contributed by atoms with Gasteiger partial charge in [0, 0.05) is 31.9 Å². The number of hydrogen-bond donors (Lipinski definition) is 0. The van der Waals surface area contributed by atoms with Gasteiger partial charge in [-0.15, -0.1) is 34.9 Å². The standard InChI is InChI=1S/C30H22N2S3/c1-33-21-15-11-19(12-16-21)31-25-9-5-3-7-23(25)29-27(31)28-30(35-29)24-8-4-6-10-26(24)32(28)20-13-17-22(34-2)18-14-20/h3-18H,1-2H3. The number of thiophene rings is 1. The van der Waals surface area contributed by atoms with Crippen LogP contribution in [0.15, 0.2) is 107 Å². The second kappa shape index (κ2) is 8.23. The zero-order chi connectivity index (χ0) is 23.5. The van der Waals surface area contributed by atoms with Gasteiger partial charge in [-0.2, -0.15) is 0 Å². The number of thioether (sulfide) groups is 2. The second-order valence-electron chi connectivity index (χ2n) is 8.56. The molecular formula is C30H22N2S3. The van der Waals surface area contributed by atoms with Gasteiger partial charge in [0.15, 0.2) is 0 Å². The summed E-state index contributed by atoms with van der Waals surface area (Å²) < 4.78 is 7.61. The second-order valence-corrected chi connectivity index (χ2v) is 11.3. The maximum absolute atomic E-state index is 2.46. The summed E-state index contributed by atoms with van der Waals surface area (Å²) in [6, 6.07) is 35.5. The van der Waals surface area contributed by atoms with Crippen LogP contribution < -0.4 is 0 Å². The predicted octanol–water partition coefficient (Wildman–Crippen LogP) is 9.39. The van der Waals surface area contributed by atoms with E-state index in [1.165, 1.54) is 63.4 Å². The monoisotopic (exact) mass is 506 g/mol. The van der Waals surface area contributed by atoms with Crippen LogP contribution in [0.25, 0.3) is 53.6 Å². The molecular weight excluding hydrogens is 485 g/mol. The zero-order valence-corrected chi connectivity index (χ0v) is 21.8. The molecule has 0 saturated carbocycles. The molecule has 0 aliphatic rings. The summed E-state index contributed by atoms with van der Waals surface area (Å²) in [5.41, 5.74) is 7.47. The van der Waals surface area contributed by atoms with E-state index in [0.29, 0.717) is 0 Å². The van der Waals surface area contributed by atoms with Crippen molar-refractivity contribution in [2.45, 2.75) is 9.79 Å². The lowest BCUT2D eigenvalue weighted by atomic mass is 10.2. The van der Waals surface area contributed by atoms with Gasteiger partial charge in [-0.1, -0.05) is 36.4 Å². The zero-order valence-electron chi connectivity index (χ0n) is 19.4. The summed E-state index contributed by atoms with van der Waals surface area (Å²) >= 11 is 5.47. The molecule has 0 atom stereocenters. The van der Waals surface area contributed by atoms with Crippen LogP contribution in [0, 0.1) is 0 Å². The Bertz CT molecular complexity index is 1720. The Balaban J connectivity index is 1.67. The Kier molecular flexibility index (Phi) is 4.98. The lowest BCUT2D eigenvalue weighted by Crippen LogP contribution is -1.97. The number of nitrogens with zero attached hydrogens (tertiary/aromatic N) is 2. The van der Waals surface area contributed by atoms with Gasteiger partial charge in [0.1, 0.15) is 0 Å². The number of para-hydroxylation sites is 2. The van der Waals surface area contributed by atoms with Crippen LogP contribution >= 0.6 is 34.9 Å². The van der Waals surface area contributed by atoms with Gasteiger partial charge in [-0.3, -0.25) is 0 Å². The van der Waals surface area contributed by atoms with Gasteiger partial charge in [0.2, 0.25) is 0 Å². The summed E-state index contributed by atoms with van der Waals surface area (Å²) in [5.74, 6) is 0. The lowest BCUT2D eigenvalue weighted by Gasteiger charge is -2.11. The van der Waals surface area contributed by atoms with Crippen LogP contribution in [0.5, 0.6) is 0 Å². The van der Waals surface area contributed by atoms with Crippen molar-refractivity contribution in [1.29, 1.82) is 0 Å². The quantitative estimate of drug-likeness (QED) is 0.220. The van der Waals surface area contributed by atoms with E-state index in [1.807, 2.05) is 11.3 Å². The van der Waals surface area contributed by atoms with E-state index in [4.69, 9.17) is 0 Å². The predicted molar refractivity (Wildman–Crippen MR) is 157 cm³/mol. The molecule has 0 aliphatic heterocycles. The molecule has 0 aliphatic carbocycles. The highest BCUT2D eigenvalue weighted by atomic mass is 32.2. The third-order valence-corrected chi connectivity index (χ3v) is 9.47. The molecule has 0 saturated heterocycles. The summed E-state index contributed by atoms with van der Waals surface area (Å²) in [5, 5.41) is 2.62. The van der Waals surface area contributed by atoms with Crippen LogP contribution in [-0.2, 0) is 0 Å². The van der Waals surface area contributed by atoms with Crippen molar-refractivity contribution in [3.05, 3.63) is 97.1 Å². The van der Waals surface area contributed by atoms with Gasteiger partial charge in [0.05, 0.1) is 31.5 Å². The van der Waals surface area contributed by atoms with Gasteiger partial charge >= 0.3 is 0 Å². The first-order valence-corrected chi connectivity index (χ1v) is 14.8. The molecule has 2 nitrogen and oxygen atoms in total. The molecule has 0 unspecified atom stereocenters. The number of hydrogen-bond acceptors (Lipinski definition) is 3. The summed E-state index contributed by atoms with van der Waals surface area (Å²) in [6.45, 7) is 0. The van der Waals surface area contributed by atoms with Gasteiger partial charge in [-0.05, 0) is 73.2 Å². The number of aromatic nitrogens is 2. The third kappa shape index (κ3) is 3.12. The fraction of sp³-hybridized carbons (Fsp3) is 0.0667. The van der Waals surface area contributed by atoms with E-state index in [9.17, 15) is 0 Å². The topological polar surface area (TPSA) is 9.86 Å². The molecule has 0 spiro atoms. The van der Waals surface area contributed by atoms with E-state index in [0.717, 1.165) is 0 Å². The molecule has 0 bridgehead atoms. The van der Waals surface area contributed by atoms with Crippen molar-refractivity contribution >= 4 is 77.1 Å². The molecule has 7 aromatic rings. The van der Waals surface area contributed by atoms with Crippen LogP contribution in [0.3, 0.4) is 0 Å². The number of rotatable bonds is 4. The van der Waals surface area contributed by atoms with Gasteiger partial charge in [0.25, 0.3) is 0 Å². The molecule has 170 valence electrons. The van der Waals surface area contributed by atoms with Crippen molar-refractivity contribution in [3.63, 3.8) is 0 Å². The summed E-state index contributed by atoms with van der Waals surface area (Å²) in [7, 11) is 0. The van der Waals surface area contributed by atoms with Gasteiger partial charge in [-0.25, -0.2) is 0 Å². The van der Waals surface area contributed by atoms with E-state index >= 15 is 0 Å². The molecule has 35 heavy (non-hydrogen) atoms. The Morgan fingerprint density at radius 2 is 0.914 bits per heavy atom. The molecule has 7 rings (SSSR count). The fourth-order valence-corrected chi connectivity index (χ4v) is 7.31. The van der Waals surface area contributed by atoms with Crippen LogP contribution in [0.2, 0.25) is 0 Å². The van der Waals surface area contributed by atoms with E-state index in [-0.39, 0.29) is 0 Å². The van der Waals surface area contributed by atoms with E-state index in [1.54, 1.807) is 23.5 Å². The van der Waals surface area contributed by atoms with E-state index < -0.39 is 0 Å². The minimum Gasteiger partial charge on any atom is -0.306 e. The molecule has 5 heteroatoms. The third-order valence-electron chi connectivity index (χ3n) is 6.75. The number of benzene rings is 4. The molecule has 0 amide bonds. The largest absolute Gasteiger partial charge is 0.306 e. The Labute approximate surface area is 216 Å². The summed E-state index contributed by atoms with van der Waals surface area (Å²) in [6.07, 6.45) is 4.25. The SMILES string of the molecule is CSc1ccc(-n2c3ccccc3c3sc4c5ccccc5n(-c5ccc(SC)cc5)c4c32)cc1. The molecule has 3 aromatic heterocycles. The average molecular weight is 507 g/mol. The van der Waals surface area contributed by atoms with Crippen molar-refractivity contribution < 1.29 is 0 Å². The maximum atomic E-state index is 2.46. The minimum atomic E-state index is 1.20. The minimum absolute atomic E-state index is 1.20. The molecule has 0 fully saturated rings.